The highest BCUT2D eigenvalue weighted by atomic mass is 16.3. The molecule has 4 atom stereocenters. The molecule has 1 aliphatic carbocycles. The quantitative estimate of drug-likeness (QED) is 0.784. The number of nitrogens with zero attached hydrogens (tertiary/aromatic N) is 1. The first kappa shape index (κ1) is 13.3. The number of aliphatic hydroxyl groups is 1. The molecule has 1 saturated heterocycles. The van der Waals surface area contributed by atoms with Crippen LogP contribution in [0.4, 0.5) is 0 Å². The van der Waals surface area contributed by atoms with Gasteiger partial charge < -0.3 is 10.8 Å². The predicted molar refractivity (Wildman–Crippen MR) is 70.8 cm³/mol. The van der Waals surface area contributed by atoms with Crippen LogP contribution in [0.5, 0.6) is 0 Å². The van der Waals surface area contributed by atoms with E-state index in [0.29, 0.717) is 24.6 Å². The number of nitrogens with two attached hydrogens (primary N) is 1. The van der Waals surface area contributed by atoms with E-state index < -0.39 is 0 Å². The van der Waals surface area contributed by atoms with Crippen LogP contribution < -0.4 is 5.73 Å². The van der Waals surface area contributed by atoms with E-state index in [4.69, 9.17) is 5.73 Å². The Kier molecular flexibility index (Phi) is 4.83. The van der Waals surface area contributed by atoms with Crippen LogP contribution in [-0.2, 0) is 0 Å². The van der Waals surface area contributed by atoms with Gasteiger partial charge in [-0.05, 0) is 50.5 Å². The SMILES string of the molecule is CCC1CCC(N)C(CN2CCCC2CO)C1. The number of rotatable bonds is 4. The van der Waals surface area contributed by atoms with Crippen LogP contribution in [0.25, 0.3) is 0 Å². The maximum Gasteiger partial charge on any atom is 0.0586 e. The molecule has 0 bridgehead atoms. The zero-order valence-corrected chi connectivity index (χ0v) is 11.1. The topological polar surface area (TPSA) is 49.5 Å². The van der Waals surface area contributed by atoms with Crippen molar-refractivity contribution in [1.29, 1.82) is 0 Å². The van der Waals surface area contributed by atoms with E-state index in [1.807, 2.05) is 0 Å². The maximum absolute atomic E-state index is 9.36. The second-order valence-electron chi connectivity index (χ2n) is 5.98. The van der Waals surface area contributed by atoms with Crippen LogP contribution in [0.1, 0.15) is 45.4 Å². The highest BCUT2D eigenvalue weighted by Gasteiger charge is 2.32. The Bertz CT molecular complexity index is 234. The molecule has 0 spiro atoms. The van der Waals surface area contributed by atoms with Crippen LogP contribution in [0.15, 0.2) is 0 Å². The number of aliphatic hydroxyl groups excluding tert-OH is 1. The largest absolute Gasteiger partial charge is 0.395 e. The third kappa shape index (κ3) is 3.21. The standard InChI is InChI=1S/C14H28N2O/c1-2-11-5-6-14(15)12(8-11)9-16-7-3-4-13(16)10-17/h11-14,17H,2-10,15H2,1H3. The monoisotopic (exact) mass is 240 g/mol. The van der Waals surface area contributed by atoms with Gasteiger partial charge in [-0.1, -0.05) is 13.3 Å². The Morgan fingerprint density at radius 1 is 1.29 bits per heavy atom. The zero-order valence-electron chi connectivity index (χ0n) is 11.1. The first-order valence-corrected chi connectivity index (χ1v) is 7.35. The molecule has 3 heteroatoms. The fourth-order valence-corrected chi connectivity index (χ4v) is 3.61. The van der Waals surface area contributed by atoms with Crippen molar-refractivity contribution >= 4 is 0 Å². The number of hydrogen-bond donors (Lipinski definition) is 2. The fraction of sp³-hybridized carbons (Fsp3) is 1.00. The second kappa shape index (κ2) is 6.17. The summed E-state index contributed by atoms with van der Waals surface area (Å²) in [6.07, 6.45) is 7.51. The van der Waals surface area contributed by atoms with Gasteiger partial charge in [0.05, 0.1) is 6.61 Å². The Morgan fingerprint density at radius 3 is 2.82 bits per heavy atom. The lowest BCUT2D eigenvalue weighted by Crippen LogP contribution is -2.45. The highest BCUT2D eigenvalue weighted by Crippen LogP contribution is 2.32. The molecule has 0 aromatic rings. The van der Waals surface area contributed by atoms with Crippen LogP contribution in [0.3, 0.4) is 0 Å². The summed E-state index contributed by atoms with van der Waals surface area (Å²) < 4.78 is 0. The zero-order chi connectivity index (χ0) is 12.3. The molecule has 0 radical (unpaired) electrons. The lowest BCUT2D eigenvalue weighted by Gasteiger charge is -2.37. The third-order valence-corrected chi connectivity index (χ3v) is 4.91. The average Bonchev–Trinajstić information content (AvgIpc) is 2.79. The smallest absolute Gasteiger partial charge is 0.0586 e. The van der Waals surface area contributed by atoms with Gasteiger partial charge in [0.1, 0.15) is 0 Å². The van der Waals surface area contributed by atoms with E-state index in [9.17, 15) is 5.11 Å². The van der Waals surface area contributed by atoms with Crippen molar-refractivity contribution in [2.45, 2.75) is 57.5 Å². The molecule has 0 amide bonds. The lowest BCUT2D eigenvalue weighted by molar-refractivity contribution is 0.112. The van der Waals surface area contributed by atoms with Crippen LogP contribution >= 0.6 is 0 Å². The second-order valence-corrected chi connectivity index (χ2v) is 5.98. The molecule has 17 heavy (non-hydrogen) atoms. The number of likely N-dealkylation sites (tertiary alicyclic amines) is 1. The van der Waals surface area contributed by atoms with E-state index >= 15 is 0 Å². The molecule has 1 aliphatic heterocycles. The van der Waals surface area contributed by atoms with Gasteiger partial charge in [-0.2, -0.15) is 0 Å². The summed E-state index contributed by atoms with van der Waals surface area (Å²) in [5.74, 6) is 1.54. The van der Waals surface area contributed by atoms with Gasteiger partial charge in [0.2, 0.25) is 0 Å². The van der Waals surface area contributed by atoms with Crippen molar-refractivity contribution < 1.29 is 5.11 Å². The Balaban J connectivity index is 1.87. The molecular weight excluding hydrogens is 212 g/mol. The van der Waals surface area contributed by atoms with E-state index in [1.165, 1.54) is 32.1 Å². The van der Waals surface area contributed by atoms with Crippen molar-refractivity contribution in [2.75, 3.05) is 19.7 Å². The molecule has 3 N–H and O–H groups in total. The van der Waals surface area contributed by atoms with Crippen molar-refractivity contribution in [2.24, 2.45) is 17.6 Å². The summed E-state index contributed by atoms with van der Waals surface area (Å²) in [5, 5.41) is 9.36. The molecule has 1 heterocycles. The van der Waals surface area contributed by atoms with Crippen LogP contribution in [-0.4, -0.2) is 41.8 Å². The summed E-state index contributed by atoms with van der Waals surface area (Å²) in [4.78, 5) is 2.47. The minimum absolute atomic E-state index is 0.319. The summed E-state index contributed by atoms with van der Waals surface area (Å²) >= 11 is 0. The molecule has 0 aromatic heterocycles. The van der Waals surface area contributed by atoms with E-state index in [-0.39, 0.29) is 0 Å². The summed E-state index contributed by atoms with van der Waals surface area (Å²) in [7, 11) is 0. The van der Waals surface area contributed by atoms with Gasteiger partial charge >= 0.3 is 0 Å². The molecule has 3 nitrogen and oxygen atoms in total. The summed E-state index contributed by atoms with van der Waals surface area (Å²) in [6, 6.07) is 0.793. The van der Waals surface area contributed by atoms with Gasteiger partial charge in [-0.25, -0.2) is 0 Å². The fourth-order valence-electron chi connectivity index (χ4n) is 3.61. The van der Waals surface area contributed by atoms with Crippen molar-refractivity contribution in [3.63, 3.8) is 0 Å². The molecule has 4 unspecified atom stereocenters. The molecule has 0 aromatic carbocycles. The first-order chi connectivity index (χ1) is 8.24. The Labute approximate surface area is 105 Å². The normalized spacial score (nSPS) is 39.7. The van der Waals surface area contributed by atoms with E-state index in [1.54, 1.807) is 0 Å². The van der Waals surface area contributed by atoms with Gasteiger partial charge in [-0.3, -0.25) is 4.90 Å². The third-order valence-electron chi connectivity index (χ3n) is 4.91. The van der Waals surface area contributed by atoms with Crippen molar-refractivity contribution in [3.8, 4) is 0 Å². The van der Waals surface area contributed by atoms with Crippen molar-refractivity contribution in [1.82, 2.24) is 4.90 Å². The van der Waals surface area contributed by atoms with Gasteiger partial charge in [-0.15, -0.1) is 0 Å². The van der Waals surface area contributed by atoms with Gasteiger partial charge in [0.25, 0.3) is 0 Å². The minimum atomic E-state index is 0.319. The summed E-state index contributed by atoms with van der Waals surface area (Å²) in [5.41, 5.74) is 6.27. The lowest BCUT2D eigenvalue weighted by atomic mass is 9.77. The molecule has 2 rings (SSSR count). The highest BCUT2D eigenvalue weighted by molar-refractivity contribution is 4.87. The summed E-state index contributed by atoms with van der Waals surface area (Å²) in [6.45, 7) is 4.89. The molecule has 100 valence electrons. The maximum atomic E-state index is 9.36. The van der Waals surface area contributed by atoms with E-state index in [0.717, 1.165) is 25.4 Å². The molecule has 1 saturated carbocycles. The average molecular weight is 240 g/mol. The molecular formula is C14H28N2O. The Morgan fingerprint density at radius 2 is 2.12 bits per heavy atom. The predicted octanol–water partition coefficient (Wildman–Crippen LogP) is 1.60. The van der Waals surface area contributed by atoms with Gasteiger partial charge in [0.15, 0.2) is 0 Å². The van der Waals surface area contributed by atoms with E-state index in [2.05, 4.69) is 11.8 Å². The molecule has 2 aliphatic rings. The minimum Gasteiger partial charge on any atom is -0.395 e. The van der Waals surface area contributed by atoms with Crippen LogP contribution in [0, 0.1) is 11.8 Å². The molecule has 2 fully saturated rings. The first-order valence-electron chi connectivity index (χ1n) is 7.35. The Hall–Kier alpha value is -0.120. The van der Waals surface area contributed by atoms with Crippen LogP contribution in [0.2, 0.25) is 0 Å². The number of hydrogen-bond acceptors (Lipinski definition) is 3. The van der Waals surface area contributed by atoms with Crippen molar-refractivity contribution in [3.05, 3.63) is 0 Å². The van der Waals surface area contributed by atoms with Gasteiger partial charge in [0, 0.05) is 18.6 Å².